The summed E-state index contributed by atoms with van der Waals surface area (Å²) < 4.78 is 16.6. The van der Waals surface area contributed by atoms with Gasteiger partial charge < -0.3 is 19.5 Å². The molecule has 1 amide bonds. The van der Waals surface area contributed by atoms with Crippen LogP contribution >= 0.6 is 11.6 Å². The molecule has 1 heterocycles. The van der Waals surface area contributed by atoms with Gasteiger partial charge in [-0.1, -0.05) is 11.6 Å². The first-order chi connectivity index (χ1) is 11.5. The van der Waals surface area contributed by atoms with E-state index in [0.29, 0.717) is 41.2 Å². The molecule has 0 unspecified atom stereocenters. The minimum Gasteiger partial charge on any atom is -0.486 e. The van der Waals surface area contributed by atoms with Gasteiger partial charge >= 0.3 is 0 Å². The maximum atomic E-state index is 12.1. The lowest BCUT2D eigenvalue weighted by Gasteiger charge is -2.19. The monoisotopic (exact) mass is 347 g/mol. The van der Waals surface area contributed by atoms with Crippen molar-refractivity contribution in [1.82, 2.24) is 0 Å². The lowest BCUT2D eigenvalue weighted by Crippen LogP contribution is -2.21. The number of hydrogen-bond donors (Lipinski definition) is 1. The predicted octanol–water partition coefficient (Wildman–Crippen LogP) is 3.75. The SMILES string of the molecule is Cc1cc(Cl)cc(C)c1OCC(=O)Nc1ccc2c(c1)OCCO2. The summed E-state index contributed by atoms with van der Waals surface area (Å²) in [6, 6.07) is 8.90. The first kappa shape index (κ1) is 16.5. The fraction of sp³-hybridized carbons (Fsp3) is 0.278. The summed E-state index contributed by atoms with van der Waals surface area (Å²) in [5.74, 6) is 1.74. The number of benzene rings is 2. The van der Waals surface area contributed by atoms with Gasteiger partial charge in [0.1, 0.15) is 19.0 Å². The number of carbonyl (C=O) groups excluding carboxylic acids is 1. The Kier molecular flexibility index (Phi) is 4.81. The van der Waals surface area contributed by atoms with Gasteiger partial charge in [-0.2, -0.15) is 0 Å². The average Bonchev–Trinajstić information content (AvgIpc) is 2.53. The van der Waals surface area contributed by atoms with Crippen LogP contribution in [-0.2, 0) is 4.79 Å². The molecule has 126 valence electrons. The Morgan fingerprint density at radius 3 is 2.50 bits per heavy atom. The molecule has 2 aromatic carbocycles. The molecule has 5 nitrogen and oxygen atoms in total. The van der Waals surface area contributed by atoms with Gasteiger partial charge in [0, 0.05) is 16.8 Å². The van der Waals surface area contributed by atoms with E-state index in [-0.39, 0.29) is 12.5 Å². The first-order valence-corrected chi connectivity index (χ1v) is 8.00. The van der Waals surface area contributed by atoms with Crippen LogP contribution in [0.2, 0.25) is 5.02 Å². The summed E-state index contributed by atoms with van der Waals surface area (Å²) in [6.45, 7) is 4.74. The Labute approximate surface area is 145 Å². The lowest BCUT2D eigenvalue weighted by molar-refractivity contribution is -0.118. The third-order valence-electron chi connectivity index (χ3n) is 3.60. The van der Waals surface area contributed by atoms with Crippen LogP contribution in [0.25, 0.3) is 0 Å². The smallest absolute Gasteiger partial charge is 0.262 e. The van der Waals surface area contributed by atoms with E-state index >= 15 is 0 Å². The van der Waals surface area contributed by atoms with Crippen LogP contribution in [-0.4, -0.2) is 25.7 Å². The molecule has 1 N–H and O–H groups in total. The van der Waals surface area contributed by atoms with Crippen LogP contribution in [0.4, 0.5) is 5.69 Å². The van der Waals surface area contributed by atoms with Crippen molar-refractivity contribution in [2.24, 2.45) is 0 Å². The van der Waals surface area contributed by atoms with Crippen molar-refractivity contribution >= 4 is 23.2 Å². The van der Waals surface area contributed by atoms with Crippen LogP contribution in [0, 0.1) is 13.8 Å². The quantitative estimate of drug-likeness (QED) is 0.915. The van der Waals surface area contributed by atoms with Crippen LogP contribution in [0.5, 0.6) is 17.2 Å². The highest BCUT2D eigenvalue weighted by molar-refractivity contribution is 6.30. The zero-order chi connectivity index (χ0) is 17.1. The van der Waals surface area contributed by atoms with Gasteiger partial charge in [0.25, 0.3) is 5.91 Å². The Morgan fingerprint density at radius 1 is 1.12 bits per heavy atom. The third kappa shape index (κ3) is 3.74. The summed E-state index contributed by atoms with van der Waals surface area (Å²) >= 11 is 5.99. The molecule has 6 heteroatoms. The standard InChI is InChI=1S/C18H18ClNO4/c1-11-7-13(19)8-12(2)18(11)24-10-17(21)20-14-3-4-15-16(9-14)23-6-5-22-15/h3-4,7-9H,5-6,10H2,1-2H3,(H,20,21). The Balaban J connectivity index is 1.62. The van der Waals surface area contributed by atoms with E-state index in [1.807, 2.05) is 26.0 Å². The number of anilines is 1. The normalized spacial score (nSPS) is 12.6. The van der Waals surface area contributed by atoms with Crippen LogP contribution in [0.1, 0.15) is 11.1 Å². The maximum Gasteiger partial charge on any atom is 0.262 e. The highest BCUT2D eigenvalue weighted by atomic mass is 35.5. The van der Waals surface area contributed by atoms with Gasteiger partial charge in [-0.25, -0.2) is 0 Å². The van der Waals surface area contributed by atoms with Crippen molar-refractivity contribution in [3.63, 3.8) is 0 Å². The summed E-state index contributed by atoms with van der Waals surface area (Å²) in [6.07, 6.45) is 0. The number of amides is 1. The van der Waals surface area contributed by atoms with Gasteiger partial charge in [0.2, 0.25) is 0 Å². The number of halogens is 1. The number of carbonyl (C=O) groups is 1. The van der Waals surface area contributed by atoms with Gasteiger partial charge in [-0.3, -0.25) is 4.79 Å². The second-order valence-electron chi connectivity index (χ2n) is 5.56. The topological polar surface area (TPSA) is 56.8 Å². The molecule has 0 fully saturated rings. The van der Waals surface area contributed by atoms with Gasteiger partial charge in [-0.15, -0.1) is 0 Å². The van der Waals surface area contributed by atoms with Crippen LogP contribution in [0.3, 0.4) is 0 Å². The van der Waals surface area contributed by atoms with Crippen molar-refractivity contribution in [3.8, 4) is 17.2 Å². The highest BCUT2D eigenvalue weighted by Crippen LogP contribution is 2.32. The van der Waals surface area contributed by atoms with E-state index < -0.39 is 0 Å². The molecule has 0 bridgehead atoms. The number of rotatable bonds is 4. The average molecular weight is 348 g/mol. The third-order valence-corrected chi connectivity index (χ3v) is 3.82. The molecule has 2 aromatic rings. The fourth-order valence-corrected chi connectivity index (χ4v) is 2.91. The summed E-state index contributed by atoms with van der Waals surface area (Å²) in [7, 11) is 0. The van der Waals surface area contributed by atoms with Gasteiger partial charge in [-0.05, 0) is 49.2 Å². The Hall–Kier alpha value is -2.40. The molecule has 1 aliphatic heterocycles. The summed E-state index contributed by atoms with van der Waals surface area (Å²) in [4.78, 5) is 12.1. The summed E-state index contributed by atoms with van der Waals surface area (Å²) in [5.41, 5.74) is 2.43. The zero-order valence-electron chi connectivity index (χ0n) is 13.5. The molecule has 0 saturated carbocycles. The minimum absolute atomic E-state index is 0.0856. The van der Waals surface area contributed by atoms with E-state index in [0.717, 1.165) is 11.1 Å². The highest BCUT2D eigenvalue weighted by Gasteiger charge is 2.13. The first-order valence-electron chi connectivity index (χ1n) is 7.62. The summed E-state index contributed by atoms with van der Waals surface area (Å²) in [5, 5.41) is 3.44. The van der Waals surface area contributed by atoms with Gasteiger partial charge in [0.05, 0.1) is 0 Å². The largest absolute Gasteiger partial charge is 0.486 e. The number of nitrogens with one attached hydrogen (secondary N) is 1. The molecular weight excluding hydrogens is 330 g/mol. The number of aryl methyl sites for hydroxylation is 2. The van der Waals surface area contributed by atoms with E-state index in [2.05, 4.69) is 5.32 Å². The van der Waals surface area contributed by atoms with Crippen LogP contribution in [0.15, 0.2) is 30.3 Å². The van der Waals surface area contributed by atoms with Crippen molar-refractivity contribution in [2.45, 2.75) is 13.8 Å². The van der Waals surface area contributed by atoms with Crippen LogP contribution < -0.4 is 19.5 Å². The number of fused-ring (bicyclic) bond motifs is 1. The second-order valence-corrected chi connectivity index (χ2v) is 6.00. The second kappa shape index (κ2) is 7.01. The molecule has 0 aliphatic carbocycles. The van der Waals surface area contributed by atoms with E-state index in [1.54, 1.807) is 18.2 Å². The molecule has 0 atom stereocenters. The van der Waals surface area contributed by atoms with Gasteiger partial charge in [0.15, 0.2) is 18.1 Å². The zero-order valence-corrected chi connectivity index (χ0v) is 14.3. The molecule has 0 saturated heterocycles. The van der Waals surface area contributed by atoms with E-state index in [4.69, 9.17) is 25.8 Å². The predicted molar refractivity (Wildman–Crippen MR) is 92.5 cm³/mol. The van der Waals surface area contributed by atoms with E-state index in [9.17, 15) is 4.79 Å². The minimum atomic E-state index is -0.250. The van der Waals surface area contributed by atoms with Crippen molar-refractivity contribution in [3.05, 3.63) is 46.5 Å². The lowest BCUT2D eigenvalue weighted by atomic mass is 10.1. The Morgan fingerprint density at radius 2 is 1.79 bits per heavy atom. The molecule has 0 aromatic heterocycles. The Bertz CT molecular complexity index is 753. The van der Waals surface area contributed by atoms with E-state index in [1.165, 1.54) is 0 Å². The molecular formula is C18H18ClNO4. The maximum absolute atomic E-state index is 12.1. The number of ether oxygens (including phenoxy) is 3. The molecule has 3 rings (SSSR count). The van der Waals surface area contributed by atoms with Crippen molar-refractivity contribution < 1.29 is 19.0 Å². The van der Waals surface area contributed by atoms with Crippen molar-refractivity contribution in [1.29, 1.82) is 0 Å². The molecule has 0 radical (unpaired) electrons. The fourth-order valence-electron chi connectivity index (χ4n) is 2.58. The number of hydrogen-bond acceptors (Lipinski definition) is 4. The molecule has 24 heavy (non-hydrogen) atoms. The van der Waals surface area contributed by atoms with Crippen molar-refractivity contribution in [2.75, 3.05) is 25.1 Å². The molecule has 0 spiro atoms. The molecule has 1 aliphatic rings.